The summed E-state index contributed by atoms with van der Waals surface area (Å²) in [6.45, 7) is 6.54. The summed E-state index contributed by atoms with van der Waals surface area (Å²) in [6.07, 6.45) is 2.94. The van der Waals surface area contributed by atoms with Crippen LogP contribution in [0.5, 0.6) is 0 Å². The van der Waals surface area contributed by atoms with Gasteiger partial charge in [-0.3, -0.25) is 9.88 Å². The fourth-order valence-corrected chi connectivity index (χ4v) is 2.84. The van der Waals surface area contributed by atoms with Crippen molar-refractivity contribution in [2.24, 2.45) is 0 Å². The van der Waals surface area contributed by atoms with E-state index in [0.29, 0.717) is 12.6 Å². The van der Waals surface area contributed by atoms with Gasteiger partial charge in [0.1, 0.15) is 0 Å². The molecule has 5 nitrogen and oxygen atoms in total. The lowest BCUT2D eigenvalue weighted by Crippen LogP contribution is -2.52. The number of piperazine rings is 1. The van der Waals surface area contributed by atoms with Crippen LogP contribution in [0.2, 0.25) is 0 Å². The first-order valence-corrected chi connectivity index (χ1v) is 6.91. The monoisotopic (exact) mass is 260 g/mol. The van der Waals surface area contributed by atoms with E-state index in [1.807, 2.05) is 30.2 Å². The number of aromatic nitrogens is 1. The molecule has 0 saturated carbocycles. The molecule has 0 spiro atoms. The summed E-state index contributed by atoms with van der Waals surface area (Å²) in [5, 5.41) is 2.98. The Morgan fingerprint density at radius 2 is 2.32 bits per heavy atom. The van der Waals surface area contributed by atoms with Crippen LogP contribution in [-0.2, 0) is 6.54 Å². The highest BCUT2D eigenvalue weighted by molar-refractivity contribution is 5.74. The third kappa shape index (κ3) is 2.71. The highest BCUT2D eigenvalue weighted by Crippen LogP contribution is 2.20. The highest BCUT2D eigenvalue weighted by Gasteiger charge is 2.34. The van der Waals surface area contributed by atoms with E-state index >= 15 is 0 Å². The van der Waals surface area contributed by atoms with E-state index in [1.165, 1.54) is 0 Å². The summed E-state index contributed by atoms with van der Waals surface area (Å²) in [5.41, 5.74) is 2.04. The van der Waals surface area contributed by atoms with Crippen LogP contribution in [-0.4, -0.2) is 53.0 Å². The Bertz CT molecular complexity index is 459. The maximum atomic E-state index is 12.2. The molecule has 1 aromatic heterocycles. The Hall–Kier alpha value is -1.62. The van der Waals surface area contributed by atoms with Gasteiger partial charge < -0.3 is 10.2 Å². The predicted molar refractivity (Wildman–Crippen MR) is 72.8 cm³/mol. The topological polar surface area (TPSA) is 48.5 Å². The average molecular weight is 260 g/mol. The Labute approximate surface area is 113 Å². The van der Waals surface area contributed by atoms with Crippen molar-refractivity contribution in [3.63, 3.8) is 0 Å². The van der Waals surface area contributed by atoms with Crippen molar-refractivity contribution in [1.29, 1.82) is 0 Å². The van der Waals surface area contributed by atoms with Crippen molar-refractivity contribution in [2.45, 2.75) is 25.9 Å². The molecule has 3 rings (SSSR count). The molecule has 1 aromatic rings. The van der Waals surface area contributed by atoms with Crippen LogP contribution in [0, 0.1) is 6.92 Å². The number of hydrogen-bond acceptors (Lipinski definition) is 3. The molecule has 3 heterocycles. The minimum Gasteiger partial charge on any atom is -0.332 e. The predicted octanol–water partition coefficient (Wildman–Crippen LogP) is 0.990. The summed E-state index contributed by atoms with van der Waals surface area (Å²) < 4.78 is 0. The molecule has 2 unspecified atom stereocenters. The second-order valence-electron chi connectivity index (χ2n) is 5.42. The number of fused-ring (bicyclic) bond motifs is 2. The van der Waals surface area contributed by atoms with Crippen molar-refractivity contribution in [3.05, 3.63) is 29.6 Å². The zero-order valence-electron chi connectivity index (χ0n) is 11.3. The van der Waals surface area contributed by atoms with Crippen molar-refractivity contribution in [3.8, 4) is 0 Å². The zero-order valence-corrected chi connectivity index (χ0v) is 11.3. The van der Waals surface area contributed by atoms with Gasteiger partial charge in [-0.15, -0.1) is 0 Å². The van der Waals surface area contributed by atoms with E-state index in [2.05, 4.69) is 15.2 Å². The van der Waals surface area contributed by atoms with Crippen molar-refractivity contribution in [2.75, 3.05) is 26.2 Å². The standard InChI is InChI=1S/C14H20N4O/c1-11-2-3-12(15-8-11)9-16-14(19)18-7-6-17-5-4-13(18)10-17/h2-3,8,13H,4-7,9-10H2,1H3,(H,16,19). The number of carbonyl (C=O) groups excluding carboxylic acids is 1. The van der Waals surface area contributed by atoms with Gasteiger partial charge in [-0.25, -0.2) is 4.79 Å². The number of amides is 2. The van der Waals surface area contributed by atoms with Gasteiger partial charge in [-0.1, -0.05) is 6.07 Å². The van der Waals surface area contributed by atoms with Crippen molar-refractivity contribution >= 4 is 6.03 Å². The Morgan fingerprint density at radius 3 is 3.11 bits per heavy atom. The van der Waals surface area contributed by atoms with Crippen LogP contribution < -0.4 is 5.32 Å². The molecule has 2 atom stereocenters. The van der Waals surface area contributed by atoms with Gasteiger partial charge in [0.05, 0.1) is 12.2 Å². The number of pyridine rings is 1. The summed E-state index contributed by atoms with van der Waals surface area (Å²) >= 11 is 0. The van der Waals surface area contributed by atoms with E-state index in [4.69, 9.17) is 0 Å². The fraction of sp³-hybridized carbons (Fsp3) is 0.571. The Morgan fingerprint density at radius 1 is 1.42 bits per heavy atom. The van der Waals surface area contributed by atoms with E-state index in [1.54, 1.807) is 0 Å². The first kappa shape index (κ1) is 12.4. The molecule has 0 radical (unpaired) electrons. The molecule has 1 N–H and O–H groups in total. The second-order valence-corrected chi connectivity index (χ2v) is 5.42. The number of aryl methyl sites for hydroxylation is 1. The van der Waals surface area contributed by atoms with Gasteiger partial charge in [0, 0.05) is 38.4 Å². The SMILES string of the molecule is Cc1ccc(CNC(=O)N2CCN3CCC2C3)nc1. The molecule has 0 aliphatic carbocycles. The molecule has 2 aliphatic rings. The molecule has 2 aliphatic heterocycles. The molecular formula is C14H20N4O. The van der Waals surface area contributed by atoms with Crippen LogP contribution in [0.3, 0.4) is 0 Å². The van der Waals surface area contributed by atoms with Crippen molar-refractivity contribution < 1.29 is 4.79 Å². The first-order chi connectivity index (χ1) is 9.22. The smallest absolute Gasteiger partial charge is 0.318 e. The van der Waals surface area contributed by atoms with E-state index in [-0.39, 0.29) is 6.03 Å². The molecule has 2 bridgehead atoms. The Balaban J connectivity index is 1.55. The summed E-state index contributed by atoms with van der Waals surface area (Å²) in [4.78, 5) is 20.9. The van der Waals surface area contributed by atoms with Crippen LogP contribution in [0.15, 0.2) is 18.3 Å². The number of carbonyl (C=O) groups is 1. The highest BCUT2D eigenvalue weighted by atomic mass is 16.2. The van der Waals surface area contributed by atoms with Crippen molar-refractivity contribution in [1.82, 2.24) is 20.1 Å². The Kier molecular flexibility index (Phi) is 3.38. The van der Waals surface area contributed by atoms with Crippen LogP contribution in [0.25, 0.3) is 0 Å². The number of nitrogens with one attached hydrogen (secondary N) is 1. The summed E-state index contributed by atoms with van der Waals surface area (Å²) in [7, 11) is 0. The fourth-order valence-electron chi connectivity index (χ4n) is 2.84. The zero-order chi connectivity index (χ0) is 13.2. The summed E-state index contributed by atoms with van der Waals surface area (Å²) in [5.74, 6) is 0. The lowest BCUT2D eigenvalue weighted by atomic mass is 10.2. The number of hydrogen-bond donors (Lipinski definition) is 1. The molecule has 19 heavy (non-hydrogen) atoms. The molecule has 2 saturated heterocycles. The van der Waals surface area contributed by atoms with Crippen LogP contribution in [0.1, 0.15) is 17.7 Å². The van der Waals surface area contributed by atoms with Gasteiger partial charge in [0.15, 0.2) is 0 Å². The van der Waals surface area contributed by atoms with Gasteiger partial charge >= 0.3 is 6.03 Å². The number of rotatable bonds is 2. The molecule has 0 aromatic carbocycles. The third-order valence-corrected chi connectivity index (χ3v) is 4.00. The maximum Gasteiger partial charge on any atom is 0.318 e. The maximum absolute atomic E-state index is 12.2. The minimum atomic E-state index is 0.0499. The quantitative estimate of drug-likeness (QED) is 0.862. The molecule has 2 fully saturated rings. The van der Waals surface area contributed by atoms with Crippen LogP contribution in [0.4, 0.5) is 4.79 Å². The molecule has 2 amide bonds. The third-order valence-electron chi connectivity index (χ3n) is 4.00. The van der Waals surface area contributed by atoms with Gasteiger partial charge in [0.2, 0.25) is 0 Å². The lowest BCUT2D eigenvalue weighted by molar-refractivity contribution is 0.142. The van der Waals surface area contributed by atoms with Gasteiger partial charge in [0.25, 0.3) is 0 Å². The largest absolute Gasteiger partial charge is 0.332 e. The lowest BCUT2D eigenvalue weighted by Gasteiger charge is -2.34. The second kappa shape index (κ2) is 5.17. The van der Waals surface area contributed by atoms with Gasteiger partial charge in [-0.05, 0) is 25.0 Å². The average Bonchev–Trinajstić information content (AvgIpc) is 2.79. The number of nitrogens with zero attached hydrogens (tertiary/aromatic N) is 3. The number of urea groups is 1. The van der Waals surface area contributed by atoms with E-state index < -0.39 is 0 Å². The normalized spacial score (nSPS) is 25.4. The minimum absolute atomic E-state index is 0.0499. The van der Waals surface area contributed by atoms with E-state index in [9.17, 15) is 4.79 Å². The summed E-state index contributed by atoms with van der Waals surface area (Å²) in [6, 6.07) is 4.43. The van der Waals surface area contributed by atoms with Gasteiger partial charge in [-0.2, -0.15) is 0 Å². The van der Waals surface area contributed by atoms with E-state index in [0.717, 1.165) is 43.9 Å². The molecular weight excluding hydrogens is 240 g/mol. The molecule has 5 heteroatoms. The molecule has 102 valence electrons. The first-order valence-electron chi connectivity index (χ1n) is 6.91. The van der Waals surface area contributed by atoms with Crippen LogP contribution >= 0.6 is 0 Å².